The van der Waals surface area contributed by atoms with E-state index < -0.39 is 0 Å². The molecule has 0 aromatic carbocycles. The molecule has 0 amide bonds. The Balaban J connectivity index is 1.27. The summed E-state index contributed by atoms with van der Waals surface area (Å²) >= 11 is 0. The standard InChI is InChI=1S/C23H43N3/c1-22(2,3)19-14-25(15-19)21-10-17-12-24(13-18(17)11-21)20-8-7-9-26(16-20)23(4,5)6/h17-21H,7-16H2,1-6H3. The third-order valence-corrected chi connectivity index (χ3v) is 8.27. The van der Waals surface area contributed by atoms with Crippen molar-refractivity contribution >= 4 is 0 Å². The van der Waals surface area contributed by atoms with Gasteiger partial charge in [0.1, 0.15) is 0 Å². The minimum atomic E-state index is 0.334. The summed E-state index contributed by atoms with van der Waals surface area (Å²) in [4.78, 5) is 8.43. The average molecular weight is 362 g/mol. The van der Waals surface area contributed by atoms with Gasteiger partial charge in [0, 0.05) is 50.3 Å². The molecule has 3 saturated heterocycles. The summed E-state index contributed by atoms with van der Waals surface area (Å²) in [6.45, 7) is 22.5. The molecular weight excluding hydrogens is 318 g/mol. The van der Waals surface area contributed by atoms with Crippen LogP contribution in [-0.4, -0.2) is 71.6 Å². The van der Waals surface area contributed by atoms with Gasteiger partial charge in [-0.2, -0.15) is 0 Å². The van der Waals surface area contributed by atoms with Crippen LogP contribution in [0.1, 0.15) is 67.2 Å². The summed E-state index contributed by atoms with van der Waals surface area (Å²) in [5.74, 6) is 2.89. The molecule has 3 heteroatoms. The maximum Gasteiger partial charge on any atom is 0.0224 e. The number of piperidine rings is 1. The van der Waals surface area contributed by atoms with Gasteiger partial charge in [-0.25, -0.2) is 0 Å². The summed E-state index contributed by atoms with van der Waals surface area (Å²) in [6, 6.07) is 1.73. The largest absolute Gasteiger partial charge is 0.300 e. The van der Waals surface area contributed by atoms with Gasteiger partial charge in [-0.3, -0.25) is 14.7 Å². The molecule has 0 spiro atoms. The lowest BCUT2D eigenvalue weighted by molar-refractivity contribution is -0.00957. The summed E-state index contributed by atoms with van der Waals surface area (Å²) in [5, 5.41) is 0. The van der Waals surface area contributed by atoms with Crippen molar-refractivity contribution < 1.29 is 0 Å². The quantitative estimate of drug-likeness (QED) is 0.738. The molecule has 1 saturated carbocycles. The van der Waals surface area contributed by atoms with Gasteiger partial charge in [0.25, 0.3) is 0 Å². The molecule has 3 heterocycles. The second kappa shape index (κ2) is 6.74. The van der Waals surface area contributed by atoms with Crippen LogP contribution in [0.15, 0.2) is 0 Å². The highest BCUT2D eigenvalue weighted by atomic mass is 15.3. The molecule has 26 heavy (non-hydrogen) atoms. The highest BCUT2D eigenvalue weighted by molar-refractivity contribution is 5.01. The summed E-state index contributed by atoms with van der Waals surface area (Å²) in [7, 11) is 0. The molecule has 3 nitrogen and oxygen atoms in total. The Morgan fingerprint density at radius 1 is 0.692 bits per heavy atom. The first-order chi connectivity index (χ1) is 12.1. The normalized spacial score (nSPS) is 38.5. The molecule has 4 aliphatic rings. The SMILES string of the molecule is CC(C)(C)C1CN(C2CC3CN(C4CCCN(C(C)(C)C)C4)CC3C2)C1. The van der Waals surface area contributed by atoms with Crippen LogP contribution in [0.5, 0.6) is 0 Å². The fourth-order valence-electron chi connectivity index (χ4n) is 6.12. The number of hydrogen-bond donors (Lipinski definition) is 0. The zero-order chi connectivity index (χ0) is 18.7. The van der Waals surface area contributed by atoms with Gasteiger partial charge in [0.15, 0.2) is 0 Å². The highest BCUT2D eigenvalue weighted by Gasteiger charge is 2.48. The van der Waals surface area contributed by atoms with Crippen LogP contribution in [0.2, 0.25) is 0 Å². The second-order valence-corrected chi connectivity index (χ2v) is 12.0. The Morgan fingerprint density at radius 3 is 1.81 bits per heavy atom. The van der Waals surface area contributed by atoms with Crippen molar-refractivity contribution in [3.8, 4) is 0 Å². The molecule has 150 valence electrons. The van der Waals surface area contributed by atoms with Crippen LogP contribution < -0.4 is 0 Å². The number of rotatable bonds is 2. The van der Waals surface area contributed by atoms with Crippen LogP contribution in [0.25, 0.3) is 0 Å². The first-order valence-corrected chi connectivity index (χ1v) is 11.3. The molecule has 0 bridgehead atoms. The third kappa shape index (κ3) is 3.73. The molecule has 3 atom stereocenters. The highest BCUT2D eigenvalue weighted by Crippen LogP contribution is 2.45. The lowest BCUT2D eigenvalue weighted by atomic mass is 9.75. The summed E-state index contributed by atoms with van der Waals surface area (Å²) < 4.78 is 0. The Kier molecular flexibility index (Phi) is 4.98. The average Bonchev–Trinajstić information content (AvgIpc) is 3.02. The van der Waals surface area contributed by atoms with Crippen molar-refractivity contribution in [2.75, 3.05) is 39.3 Å². The molecule has 0 N–H and O–H groups in total. The van der Waals surface area contributed by atoms with E-state index >= 15 is 0 Å². The monoisotopic (exact) mass is 361 g/mol. The predicted molar refractivity (Wildman–Crippen MR) is 110 cm³/mol. The molecule has 4 fully saturated rings. The maximum atomic E-state index is 2.89. The van der Waals surface area contributed by atoms with E-state index in [0.29, 0.717) is 11.0 Å². The van der Waals surface area contributed by atoms with Crippen LogP contribution in [0.4, 0.5) is 0 Å². The van der Waals surface area contributed by atoms with Gasteiger partial charge in [-0.15, -0.1) is 0 Å². The van der Waals surface area contributed by atoms with Crippen molar-refractivity contribution in [2.45, 2.75) is 84.8 Å². The molecule has 3 unspecified atom stereocenters. The lowest BCUT2D eigenvalue weighted by Crippen LogP contribution is -2.56. The van der Waals surface area contributed by atoms with Gasteiger partial charge < -0.3 is 0 Å². The second-order valence-electron chi connectivity index (χ2n) is 12.0. The van der Waals surface area contributed by atoms with Gasteiger partial charge in [-0.1, -0.05) is 20.8 Å². The Morgan fingerprint density at radius 2 is 1.27 bits per heavy atom. The summed E-state index contributed by atoms with van der Waals surface area (Å²) in [5.41, 5.74) is 0.835. The zero-order valence-corrected chi connectivity index (χ0v) is 18.3. The van der Waals surface area contributed by atoms with Crippen molar-refractivity contribution in [3.63, 3.8) is 0 Å². The molecular formula is C23H43N3. The van der Waals surface area contributed by atoms with Crippen molar-refractivity contribution in [1.82, 2.24) is 14.7 Å². The topological polar surface area (TPSA) is 9.72 Å². The number of fused-ring (bicyclic) bond motifs is 1. The molecule has 0 aromatic rings. The minimum absolute atomic E-state index is 0.334. The molecule has 1 aliphatic carbocycles. The zero-order valence-electron chi connectivity index (χ0n) is 18.3. The van der Waals surface area contributed by atoms with Crippen molar-refractivity contribution in [3.05, 3.63) is 0 Å². The van der Waals surface area contributed by atoms with Crippen molar-refractivity contribution in [1.29, 1.82) is 0 Å². The van der Waals surface area contributed by atoms with Gasteiger partial charge in [-0.05, 0) is 76.2 Å². The Hall–Kier alpha value is -0.120. The van der Waals surface area contributed by atoms with Crippen LogP contribution >= 0.6 is 0 Å². The molecule has 4 rings (SSSR count). The number of hydrogen-bond acceptors (Lipinski definition) is 3. The van der Waals surface area contributed by atoms with E-state index in [-0.39, 0.29) is 0 Å². The van der Waals surface area contributed by atoms with E-state index in [1.807, 2.05) is 0 Å². The Labute approximate surface area is 162 Å². The Bertz CT molecular complexity index is 483. The van der Waals surface area contributed by atoms with Gasteiger partial charge in [0.2, 0.25) is 0 Å². The number of likely N-dealkylation sites (tertiary alicyclic amines) is 3. The van der Waals surface area contributed by atoms with E-state index in [0.717, 1.165) is 29.8 Å². The maximum absolute atomic E-state index is 2.89. The van der Waals surface area contributed by atoms with Crippen LogP contribution in [0, 0.1) is 23.2 Å². The van der Waals surface area contributed by atoms with E-state index in [1.54, 1.807) is 0 Å². The van der Waals surface area contributed by atoms with Gasteiger partial charge in [0.05, 0.1) is 0 Å². The van der Waals surface area contributed by atoms with E-state index in [4.69, 9.17) is 0 Å². The first-order valence-electron chi connectivity index (χ1n) is 11.3. The minimum Gasteiger partial charge on any atom is -0.300 e. The molecule has 3 aliphatic heterocycles. The lowest BCUT2D eigenvalue weighted by Gasteiger charge is -2.49. The number of nitrogens with zero attached hydrogens (tertiary/aromatic N) is 3. The van der Waals surface area contributed by atoms with E-state index in [9.17, 15) is 0 Å². The van der Waals surface area contributed by atoms with Gasteiger partial charge >= 0.3 is 0 Å². The van der Waals surface area contributed by atoms with Crippen LogP contribution in [-0.2, 0) is 0 Å². The fourth-order valence-corrected chi connectivity index (χ4v) is 6.12. The fraction of sp³-hybridized carbons (Fsp3) is 1.00. The summed E-state index contributed by atoms with van der Waals surface area (Å²) in [6.07, 6.45) is 5.77. The smallest absolute Gasteiger partial charge is 0.0224 e. The van der Waals surface area contributed by atoms with E-state index in [2.05, 4.69) is 56.2 Å². The molecule has 0 aromatic heterocycles. The van der Waals surface area contributed by atoms with E-state index in [1.165, 1.54) is 65.0 Å². The van der Waals surface area contributed by atoms with Crippen molar-refractivity contribution in [2.24, 2.45) is 23.2 Å². The first kappa shape index (κ1) is 19.2. The van der Waals surface area contributed by atoms with Crippen LogP contribution in [0.3, 0.4) is 0 Å². The third-order valence-electron chi connectivity index (χ3n) is 8.27. The molecule has 0 radical (unpaired) electrons. The predicted octanol–water partition coefficient (Wildman–Crippen LogP) is 3.94.